The maximum atomic E-state index is 13.0. The Morgan fingerprint density at radius 1 is 1.24 bits per heavy atom. The first kappa shape index (κ1) is 20.7. The van der Waals surface area contributed by atoms with Crippen LogP contribution in [0.2, 0.25) is 0 Å². The number of aliphatic carboxylic acids is 1. The number of benzene rings is 1. The minimum absolute atomic E-state index is 0.488. The summed E-state index contributed by atoms with van der Waals surface area (Å²) in [7, 11) is 0. The van der Waals surface area contributed by atoms with Gasteiger partial charge in [0.15, 0.2) is 0 Å². The number of carboxylic acid groups (broad SMARTS) is 1. The number of aromatic nitrogens is 2. The highest BCUT2D eigenvalue weighted by molar-refractivity contribution is 7.10. The van der Waals surface area contributed by atoms with Gasteiger partial charge < -0.3 is 20.3 Å². The summed E-state index contributed by atoms with van der Waals surface area (Å²) in [5.74, 6) is -1.93. The topological polar surface area (TPSA) is 113 Å². The van der Waals surface area contributed by atoms with Crippen LogP contribution in [0.25, 0.3) is 10.9 Å². The Balaban J connectivity index is 0.000000552. The second-order valence-electron chi connectivity index (χ2n) is 6.63. The molecule has 8 nitrogen and oxygen atoms in total. The number of amides is 1. The number of rotatable bonds is 3. The molecule has 0 radical (unpaired) electrons. The quantitative estimate of drug-likeness (QED) is 0.448. The molecule has 0 fully saturated rings. The molecule has 1 aliphatic rings. The lowest BCUT2D eigenvalue weighted by Gasteiger charge is -2.07. The van der Waals surface area contributed by atoms with Crippen LogP contribution in [0, 0.1) is 6.92 Å². The van der Waals surface area contributed by atoms with Crippen molar-refractivity contribution in [1.82, 2.24) is 14.3 Å². The number of carboxylic acids is 1. The van der Waals surface area contributed by atoms with E-state index in [0.717, 1.165) is 55.3 Å². The number of hydrogen-bond donors (Lipinski definition) is 3. The van der Waals surface area contributed by atoms with Gasteiger partial charge in [-0.3, -0.25) is 14.4 Å². The summed E-state index contributed by atoms with van der Waals surface area (Å²) < 4.78 is 6.29. The van der Waals surface area contributed by atoms with E-state index in [2.05, 4.69) is 19.6 Å². The van der Waals surface area contributed by atoms with Crippen LogP contribution in [0.4, 0.5) is 5.00 Å². The number of hydrogen-bond acceptors (Lipinski definition) is 6. The van der Waals surface area contributed by atoms with Gasteiger partial charge >= 0.3 is 0 Å². The number of Topliss-reactive ketones (excluding diaryl/α,β-unsaturated/α-hetero) is 1. The van der Waals surface area contributed by atoms with Crippen molar-refractivity contribution in [2.45, 2.75) is 26.8 Å². The third-order valence-electron chi connectivity index (χ3n) is 4.43. The fourth-order valence-corrected chi connectivity index (χ4v) is 4.01. The molecule has 0 bridgehead atoms. The Morgan fingerprint density at radius 3 is 2.66 bits per heavy atom. The highest BCUT2D eigenvalue weighted by Gasteiger charge is 2.27. The predicted molar refractivity (Wildman–Crippen MR) is 112 cm³/mol. The van der Waals surface area contributed by atoms with Crippen LogP contribution in [0.1, 0.15) is 28.7 Å². The van der Waals surface area contributed by atoms with E-state index in [0.29, 0.717) is 10.6 Å². The Kier molecular flexibility index (Phi) is 6.40. The second-order valence-corrected chi connectivity index (χ2v) is 7.43. The molecular weight excluding hydrogens is 392 g/mol. The molecule has 4 rings (SSSR count). The zero-order chi connectivity index (χ0) is 21.0. The molecule has 0 spiro atoms. The van der Waals surface area contributed by atoms with Crippen LogP contribution in [-0.2, 0) is 22.6 Å². The molecule has 3 N–H and O–H groups in total. The Labute approximate surface area is 171 Å². The predicted octanol–water partition coefficient (Wildman–Crippen LogP) is 2.46. The molecule has 0 unspecified atom stereocenters. The summed E-state index contributed by atoms with van der Waals surface area (Å²) in [4.78, 5) is 34.5. The number of para-hydroxylation sites is 1. The van der Waals surface area contributed by atoms with E-state index >= 15 is 0 Å². The maximum absolute atomic E-state index is 13.0. The molecule has 2 aromatic heterocycles. The van der Waals surface area contributed by atoms with Gasteiger partial charge in [0.25, 0.3) is 17.7 Å². The van der Waals surface area contributed by atoms with Gasteiger partial charge in [-0.15, -0.1) is 0 Å². The largest absolute Gasteiger partial charge is 0.481 e. The molecule has 9 heteroatoms. The summed E-state index contributed by atoms with van der Waals surface area (Å²) >= 11 is 1.18. The zero-order valence-electron chi connectivity index (χ0n) is 16.2. The lowest BCUT2D eigenvalue weighted by molar-refractivity contribution is -0.134. The number of carbonyl (C=O) groups excluding carboxylic acids is 2. The monoisotopic (exact) mass is 414 g/mol. The van der Waals surface area contributed by atoms with Crippen molar-refractivity contribution in [3.05, 3.63) is 47.3 Å². The van der Waals surface area contributed by atoms with E-state index in [-0.39, 0.29) is 0 Å². The summed E-state index contributed by atoms with van der Waals surface area (Å²) in [5, 5.41) is 14.9. The minimum Gasteiger partial charge on any atom is -0.481 e. The third kappa shape index (κ3) is 4.69. The zero-order valence-corrected chi connectivity index (χ0v) is 17.0. The molecule has 29 heavy (non-hydrogen) atoms. The van der Waals surface area contributed by atoms with Crippen molar-refractivity contribution < 1.29 is 19.5 Å². The molecule has 1 aromatic carbocycles. The second kappa shape index (κ2) is 8.97. The molecule has 3 aromatic rings. The van der Waals surface area contributed by atoms with Crippen molar-refractivity contribution in [3.63, 3.8) is 0 Å². The number of carbonyl (C=O) groups is 3. The first-order chi connectivity index (χ1) is 13.9. The summed E-state index contributed by atoms with van der Waals surface area (Å²) in [6.07, 6.45) is 0.725. The standard InChI is InChI=1S/C18H18N4O2S.C2H4O2/c1-11-10-15(25-21-11)20-18(24)17(23)16-12-4-2-3-5-13(12)22-9-8-19-7-6-14(16)22;1-2(3)4/h2-5,10,19H,6-9H2,1H3,(H,20,24);1H3,(H,3,4). The van der Waals surface area contributed by atoms with Gasteiger partial charge in [0.2, 0.25) is 0 Å². The van der Waals surface area contributed by atoms with Crippen LogP contribution in [0.15, 0.2) is 30.3 Å². The summed E-state index contributed by atoms with van der Waals surface area (Å²) in [6, 6.07) is 9.55. The van der Waals surface area contributed by atoms with Crippen molar-refractivity contribution in [2.75, 3.05) is 18.4 Å². The van der Waals surface area contributed by atoms with E-state index in [4.69, 9.17) is 9.90 Å². The Bertz CT molecular complexity index is 1070. The number of nitrogens with zero attached hydrogens (tertiary/aromatic N) is 2. The SMILES string of the molecule is CC(=O)O.Cc1cc(NC(=O)C(=O)c2c3n(c4ccccc24)CCNCC3)sn1. The third-order valence-corrected chi connectivity index (χ3v) is 5.22. The van der Waals surface area contributed by atoms with Gasteiger partial charge in [-0.05, 0) is 30.6 Å². The van der Waals surface area contributed by atoms with Crippen LogP contribution in [-0.4, -0.2) is 44.8 Å². The van der Waals surface area contributed by atoms with E-state index in [9.17, 15) is 9.59 Å². The van der Waals surface area contributed by atoms with Gasteiger partial charge in [-0.2, -0.15) is 4.37 Å². The van der Waals surface area contributed by atoms with Gasteiger partial charge in [0.1, 0.15) is 5.00 Å². The highest BCUT2D eigenvalue weighted by Crippen LogP contribution is 2.28. The molecule has 0 atom stereocenters. The van der Waals surface area contributed by atoms with Gasteiger partial charge in [0, 0.05) is 49.6 Å². The van der Waals surface area contributed by atoms with E-state index in [1.54, 1.807) is 6.07 Å². The number of anilines is 1. The van der Waals surface area contributed by atoms with E-state index < -0.39 is 17.7 Å². The van der Waals surface area contributed by atoms with Crippen LogP contribution in [0.3, 0.4) is 0 Å². The number of ketones is 1. The van der Waals surface area contributed by atoms with Crippen molar-refractivity contribution >= 4 is 45.1 Å². The molecule has 0 saturated carbocycles. The van der Waals surface area contributed by atoms with E-state index in [1.807, 2.05) is 31.2 Å². The summed E-state index contributed by atoms with van der Waals surface area (Å²) in [5.41, 5.74) is 3.29. The molecule has 0 saturated heterocycles. The lowest BCUT2D eigenvalue weighted by Crippen LogP contribution is -2.24. The first-order valence-corrected chi connectivity index (χ1v) is 9.95. The lowest BCUT2D eigenvalue weighted by atomic mass is 10.0. The molecular formula is C20H22N4O4S. The molecule has 0 aliphatic carbocycles. The molecule has 1 aliphatic heterocycles. The minimum atomic E-state index is -0.833. The van der Waals surface area contributed by atoms with Crippen molar-refractivity contribution in [3.8, 4) is 0 Å². The molecule has 1 amide bonds. The summed E-state index contributed by atoms with van der Waals surface area (Å²) in [6.45, 7) is 5.37. The fourth-order valence-electron chi connectivity index (χ4n) is 3.35. The fraction of sp³-hybridized carbons (Fsp3) is 0.300. The highest BCUT2D eigenvalue weighted by atomic mass is 32.1. The van der Waals surface area contributed by atoms with Crippen molar-refractivity contribution in [2.24, 2.45) is 0 Å². The Hall–Kier alpha value is -3.04. The molecule has 152 valence electrons. The number of fused-ring (bicyclic) bond motifs is 3. The first-order valence-electron chi connectivity index (χ1n) is 9.18. The smallest absolute Gasteiger partial charge is 0.300 e. The van der Waals surface area contributed by atoms with Crippen LogP contribution >= 0.6 is 11.5 Å². The van der Waals surface area contributed by atoms with Crippen LogP contribution in [0.5, 0.6) is 0 Å². The van der Waals surface area contributed by atoms with Gasteiger partial charge in [0.05, 0.1) is 11.3 Å². The number of nitrogens with one attached hydrogen (secondary N) is 2. The van der Waals surface area contributed by atoms with E-state index in [1.165, 1.54) is 11.5 Å². The Morgan fingerprint density at radius 2 is 1.97 bits per heavy atom. The normalized spacial score (nSPS) is 13.0. The van der Waals surface area contributed by atoms with Gasteiger partial charge in [-0.25, -0.2) is 0 Å². The number of aryl methyl sites for hydroxylation is 1. The maximum Gasteiger partial charge on any atom is 0.300 e. The average Bonchev–Trinajstić information content (AvgIpc) is 3.11. The average molecular weight is 414 g/mol. The van der Waals surface area contributed by atoms with Crippen LogP contribution < -0.4 is 10.6 Å². The van der Waals surface area contributed by atoms with Crippen molar-refractivity contribution in [1.29, 1.82) is 0 Å². The van der Waals surface area contributed by atoms with Gasteiger partial charge in [-0.1, -0.05) is 18.2 Å². The molecule has 3 heterocycles.